The van der Waals surface area contributed by atoms with Gasteiger partial charge in [0.2, 0.25) is 0 Å². The number of nitrogens with one attached hydrogen (secondary N) is 1. The van der Waals surface area contributed by atoms with Crippen molar-refractivity contribution in [1.29, 1.82) is 0 Å². The molecule has 1 N–H and O–H groups in total. The van der Waals surface area contributed by atoms with Gasteiger partial charge in [-0.1, -0.05) is 0 Å². The highest BCUT2D eigenvalue weighted by Gasteiger charge is 2.01. The molecule has 0 aliphatic heterocycles. The number of hydrogen-bond acceptors (Lipinski definition) is 4. The highest BCUT2D eigenvalue weighted by atomic mass is 79.9. The van der Waals surface area contributed by atoms with Gasteiger partial charge in [0.1, 0.15) is 5.82 Å². The second-order valence-electron chi connectivity index (χ2n) is 2.59. The number of halogens is 1. The number of carbonyl (C=O) groups excluding carboxylic acids is 1. The zero-order valence-electron chi connectivity index (χ0n) is 7.79. The Labute approximate surface area is 90.8 Å². The van der Waals surface area contributed by atoms with Crippen LogP contribution in [0.4, 0.5) is 5.82 Å². The molecule has 0 saturated carbocycles. The number of carbonyl (C=O) groups is 1. The first-order chi connectivity index (χ1) is 6.74. The summed E-state index contributed by atoms with van der Waals surface area (Å²) in [5, 5.41) is 3.02. The Kier molecular flexibility index (Phi) is 4.39. The molecule has 1 aromatic heterocycles. The van der Waals surface area contributed by atoms with E-state index in [9.17, 15) is 4.79 Å². The zero-order chi connectivity index (χ0) is 10.4. The largest absolute Gasteiger partial charge is 0.469 e. The van der Waals surface area contributed by atoms with E-state index in [0.717, 1.165) is 10.3 Å². The molecular weight excluding hydrogens is 248 g/mol. The normalized spacial score (nSPS) is 9.57. The Balaban J connectivity index is 2.39. The molecule has 76 valence electrons. The Morgan fingerprint density at radius 2 is 2.50 bits per heavy atom. The summed E-state index contributed by atoms with van der Waals surface area (Å²) in [7, 11) is 1.37. The van der Waals surface area contributed by atoms with Crippen LogP contribution in [0, 0.1) is 0 Å². The smallest absolute Gasteiger partial charge is 0.307 e. The predicted octanol–water partition coefficient (Wildman–Crippen LogP) is 1.82. The van der Waals surface area contributed by atoms with E-state index in [1.165, 1.54) is 7.11 Å². The maximum atomic E-state index is 10.8. The highest BCUT2D eigenvalue weighted by molar-refractivity contribution is 9.10. The van der Waals surface area contributed by atoms with Crippen molar-refractivity contribution in [3.8, 4) is 0 Å². The van der Waals surface area contributed by atoms with Gasteiger partial charge in [0.15, 0.2) is 0 Å². The van der Waals surface area contributed by atoms with E-state index in [2.05, 4.69) is 31.0 Å². The fourth-order valence-corrected chi connectivity index (χ4v) is 1.30. The van der Waals surface area contributed by atoms with Crippen LogP contribution in [0.15, 0.2) is 22.8 Å². The zero-order valence-corrected chi connectivity index (χ0v) is 9.37. The van der Waals surface area contributed by atoms with Gasteiger partial charge in [0.05, 0.1) is 18.0 Å². The van der Waals surface area contributed by atoms with Crippen molar-refractivity contribution < 1.29 is 9.53 Å². The van der Waals surface area contributed by atoms with E-state index in [-0.39, 0.29) is 5.97 Å². The number of pyridine rings is 1. The average molecular weight is 259 g/mol. The third-order valence-corrected chi connectivity index (χ3v) is 2.25. The SMILES string of the molecule is COC(=O)CCNc1ncccc1Br. The van der Waals surface area contributed by atoms with Gasteiger partial charge in [-0.2, -0.15) is 0 Å². The molecule has 1 aromatic rings. The van der Waals surface area contributed by atoms with Crippen LogP contribution in [0.3, 0.4) is 0 Å². The summed E-state index contributed by atoms with van der Waals surface area (Å²) in [6.07, 6.45) is 2.02. The van der Waals surface area contributed by atoms with Gasteiger partial charge in [-0.15, -0.1) is 0 Å². The van der Waals surface area contributed by atoms with Gasteiger partial charge in [-0.25, -0.2) is 4.98 Å². The fraction of sp³-hybridized carbons (Fsp3) is 0.333. The average Bonchev–Trinajstić information content (AvgIpc) is 2.20. The standard InChI is InChI=1S/C9H11BrN2O2/c1-14-8(13)4-6-12-9-7(10)3-2-5-11-9/h2-3,5H,4,6H2,1H3,(H,11,12). The number of anilines is 1. The summed E-state index contributed by atoms with van der Waals surface area (Å²) < 4.78 is 5.39. The summed E-state index contributed by atoms with van der Waals surface area (Å²) in [5.74, 6) is 0.501. The number of methoxy groups -OCH3 is 1. The lowest BCUT2D eigenvalue weighted by molar-refractivity contribution is -0.140. The Hall–Kier alpha value is -1.10. The summed E-state index contributed by atoms with van der Waals surface area (Å²) in [5.41, 5.74) is 0. The van der Waals surface area contributed by atoms with Gasteiger partial charge >= 0.3 is 5.97 Å². The lowest BCUT2D eigenvalue weighted by Gasteiger charge is -2.05. The molecule has 14 heavy (non-hydrogen) atoms. The minimum absolute atomic E-state index is 0.232. The van der Waals surface area contributed by atoms with Crippen molar-refractivity contribution in [3.63, 3.8) is 0 Å². The van der Waals surface area contributed by atoms with E-state index in [4.69, 9.17) is 0 Å². The van der Waals surface area contributed by atoms with Gasteiger partial charge in [0, 0.05) is 12.7 Å². The van der Waals surface area contributed by atoms with Crippen LogP contribution in [0.5, 0.6) is 0 Å². The maximum absolute atomic E-state index is 10.8. The third kappa shape index (κ3) is 3.33. The van der Waals surface area contributed by atoms with E-state index in [0.29, 0.717) is 13.0 Å². The number of ether oxygens (including phenoxy) is 1. The Morgan fingerprint density at radius 3 is 3.14 bits per heavy atom. The van der Waals surface area contributed by atoms with Gasteiger partial charge in [-0.3, -0.25) is 4.79 Å². The Bertz CT molecular complexity index is 317. The molecular formula is C9H11BrN2O2. The monoisotopic (exact) mass is 258 g/mol. The van der Waals surface area contributed by atoms with Crippen molar-refractivity contribution in [2.24, 2.45) is 0 Å². The lowest BCUT2D eigenvalue weighted by atomic mass is 10.4. The summed E-state index contributed by atoms with van der Waals surface area (Å²) in [6, 6.07) is 3.71. The number of rotatable bonds is 4. The van der Waals surface area contributed by atoms with Crippen LogP contribution < -0.4 is 5.32 Å². The van der Waals surface area contributed by atoms with Crippen molar-refractivity contribution in [1.82, 2.24) is 4.98 Å². The van der Waals surface area contributed by atoms with E-state index < -0.39 is 0 Å². The summed E-state index contributed by atoms with van der Waals surface area (Å²) >= 11 is 3.34. The molecule has 4 nitrogen and oxygen atoms in total. The first kappa shape index (κ1) is 11.0. The molecule has 1 heterocycles. The maximum Gasteiger partial charge on any atom is 0.307 e. The molecule has 0 fully saturated rings. The van der Waals surface area contributed by atoms with Crippen LogP contribution in [0.2, 0.25) is 0 Å². The van der Waals surface area contributed by atoms with Crippen LogP contribution >= 0.6 is 15.9 Å². The van der Waals surface area contributed by atoms with E-state index in [1.807, 2.05) is 12.1 Å². The minimum Gasteiger partial charge on any atom is -0.469 e. The van der Waals surface area contributed by atoms with Gasteiger partial charge in [-0.05, 0) is 28.1 Å². The van der Waals surface area contributed by atoms with Crippen LogP contribution in [-0.4, -0.2) is 24.6 Å². The van der Waals surface area contributed by atoms with Crippen molar-refractivity contribution in [2.75, 3.05) is 19.0 Å². The molecule has 5 heteroatoms. The molecule has 0 bridgehead atoms. The van der Waals surface area contributed by atoms with E-state index >= 15 is 0 Å². The quantitative estimate of drug-likeness (QED) is 0.838. The summed E-state index contributed by atoms with van der Waals surface area (Å²) in [4.78, 5) is 14.9. The van der Waals surface area contributed by atoms with Crippen molar-refractivity contribution >= 4 is 27.7 Å². The summed E-state index contributed by atoms with van der Waals surface area (Å²) in [6.45, 7) is 0.516. The van der Waals surface area contributed by atoms with Crippen molar-refractivity contribution in [2.45, 2.75) is 6.42 Å². The molecule has 1 rings (SSSR count). The topological polar surface area (TPSA) is 51.2 Å². The van der Waals surface area contributed by atoms with Crippen LogP contribution in [0.1, 0.15) is 6.42 Å². The van der Waals surface area contributed by atoms with Gasteiger partial charge in [0.25, 0.3) is 0 Å². The molecule has 0 aliphatic rings. The molecule has 0 atom stereocenters. The molecule has 0 radical (unpaired) electrons. The number of nitrogens with zero attached hydrogens (tertiary/aromatic N) is 1. The van der Waals surface area contributed by atoms with Crippen molar-refractivity contribution in [3.05, 3.63) is 22.8 Å². The highest BCUT2D eigenvalue weighted by Crippen LogP contribution is 2.17. The predicted molar refractivity (Wildman–Crippen MR) is 57.1 cm³/mol. The first-order valence-corrected chi connectivity index (χ1v) is 4.94. The van der Waals surface area contributed by atoms with E-state index in [1.54, 1.807) is 6.20 Å². The molecule has 0 spiro atoms. The molecule has 0 aromatic carbocycles. The first-order valence-electron chi connectivity index (χ1n) is 4.15. The molecule has 0 unspecified atom stereocenters. The fourth-order valence-electron chi connectivity index (χ4n) is 0.901. The molecule has 0 aliphatic carbocycles. The lowest BCUT2D eigenvalue weighted by Crippen LogP contribution is -2.10. The van der Waals surface area contributed by atoms with Crippen LogP contribution in [-0.2, 0) is 9.53 Å². The van der Waals surface area contributed by atoms with Crippen LogP contribution in [0.25, 0.3) is 0 Å². The third-order valence-electron chi connectivity index (χ3n) is 1.61. The Morgan fingerprint density at radius 1 is 1.71 bits per heavy atom. The second kappa shape index (κ2) is 5.59. The number of esters is 1. The minimum atomic E-state index is -0.232. The number of aromatic nitrogens is 1. The molecule has 0 saturated heterocycles. The second-order valence-corrected chi connectivity index (χ2v) is 3.44. The van der Waals surface area contributed by atoms with Gasteiger partial charge < -0.3 is 10.1 Å². The molecule has 0 amide bonds. The number of hydrogen-bond donors (Lipinski definition) is 1.